The van der Waals surface area contributed by atoms with E-state index in [0.29, 0.717) is 0 Å². The summed E-state index contributed by atoms with van der Waals surface area (Å²) in [5.41, 5.74) is 11.4. The Hall–Kier alpha value is -0.766. The normalized spacial score (nSPS) is 12.1. The van der Waals surface area contributed by atoms with Crippen molar-refractivity contribution in [3.05, 3.63) is 57.6 Å². The van der Waals surface area contributed by atoms with Gasteiger partial charge in [0.05, 0.1) is 22.8 Å². The molecular formula is C22H28Br2N2Ni. The minimum atomic E-state index is 0.962. The van der Waals surface area contributed by atoms with Gasteiger partial charge in [0, 0.05) is 0 Å². The molecule has 0 aliphatic rings. The predicted octanol–water partition coefficient (Wildman–Crippen LogP) is 8.11. The third-order valence-corrected chi connectivity index (χ3v) is 4.35. The van der Waals surface area contributed by atoms with Crippen LogP contribution in [0.15, 0.2) is 34.3 Å². The molecule has 0 amide bonds. The maximum atomic E-state index is 4.86. The van der Waals surface area contributed by atoms with Crippen LogP contribution in [0.3, 0.4) is 0 Å². The Labute approximate surface area is 184 Å². The molecule has 0 fully saturated rings. The Bertz CT molecular complexity index is 753. The van der Waals surface area contributed by atoms with Crippen LogP contribution in [0.4, 0.5) is 11.4 Å². The molecule has 0 aliphatic carbocycles. The number of hydrogen-bond donors (Lipinski definition) is 0. The van der Waals surface area contributed by atoms with E-state index in [4.69, 9.17) is 9.98 Å². The average Bonchev–Trinajstić information content (AvgIpc) is 2.54. The number of halogens is 2. The first kappa shape index (κ1) is 24.3. The van der Waals surface area contributed by atoms with Gasteiger partial charge in [0.1, 0.15) is 0 Å². The first-order chi connectivity index (χ1) is 12.6. The topological polar surface area (TPSA) is 24.7 Å². The summed E-state index contributed by atoms with van der Waals surface area (Å²) in [6, 6.07) is 8.72. The summed E-state index contributed by atoms with van der Waals surface area (Å²) in [5, 5.41) is 0. The molecule has 0 bridgehead atoms. The standard InChI is InChI=1S/C22H28N2.2BrH.Ni/c1-13-9-15(3)21(16(4)10-13)23-19(7)20(8)24-22-17(5)11-14(2)12-18(22)6;;;/h9-12H,1-8H3;2*1H;/q;;;+2/p-2. The molecule has 2 aromatic rings. The minimum absolute atomic E-state index is 0.962. The molecule has 0 aromatic heterocycles. The van der Waals surface area contributed by atoms with Crippen molar-refractivity contribution in [2.24, 2.45) is 9.98 Å². The van der Waals surface area contributed by atoms with Crippen LogP contribution in [0, 0.1) is 41.5 Å². The van der Waals surface area contributed by atoms with Gasteiger partial charge in [-0.25, -0.2) is 0 Å². The molecule has 0 saturated carbocycles. The van der Waals surface area contributed by atoms with Crippen molar-refractivity contribution < 1.29 is 10.9 Å². The van der Waals surface area contributed by atoms with E-state index >= 15 is 0 Å². The van der Waals surface area contributed by atoms with Crippen LogP contribution in [-0.4, -0.2) is 11.4 Å². The third kappa shape index (κ3) is 7.29. The van der Waals surface area contributed by atoms with E-state index in [9.17, 15) is 0 Å². The fraction of sp³-hybridized carbons (Fsp3) is 0.364. The molecule has 2 aromatic carbocycles. The Kier molecular flexibility index (Phi) is 10.1. The van der Waals surface area contributed by atoms with Crippen molar-refractivity contribution >= 4 is 51.2 Å². The Morgan fingerprint density at radius 1 is 0.630 bits per heavy atom. The molecule has 5 heteroatoms. The van der Waals surface area contributed by atoms with E-state index in [-0.39, 0.29) is 0 Å². The molecule has 2 rings (SSSR count). The molecule has 27 heavy (non-hydrogen) atoms. The number of benzene rings is 2. The van der Waals surface area contributed by atoms with Gasteiger partial charge < -0.3 is 0 Å². The van der Waals surface area contributed by atoms with Gasteiger partial charge in [-0.1, -0.05) is 35.4 Å². The first-order valence-electron chi connectivity index (χ1n) is 8.69. The molecule has 0 unspecified atom stereocenters. The Morgan fingerprint density at radius 2 is 0.852 bits per heavy atom. The van der Waals surface area contributed by atoms with Gasteiger partial charge in [-0.05, 0) is 77.6 Å². The molecule has 150 valence electrons. The Balaban J connectivity index is 0.00000114. The van der Waals surface area contributed by atoms with E-state index < -0.39 is 0 Å². The van der Waals surface area contributed by atoms with Gasteiger partial charge in [0.15, 0.2) is 0 Å². The van der Waals surface area contributed by atoms with Crippen molar-refractivity contribution in [2.45, 2.75) is 55.4 Å². The van der Waals surface area contributed by atoms with Gasteiger partial charge in [0.25, 0.3) is 0 Å². The van der Waals surface area contributed by atoms with Crippen LogP contribution in [0.25, 0.3) is 0 Å². The van der Waals surface area contributed by atoms with E-state index in [0.717, 1.165) is 22.8 Å². The van der Waals surface area contributed by atoms with Crippen LogP contribution in [0.5, 0.6) is 0 Å². The molecule has 0 radical (unpaired) electrons. The zero-order valence-electron chi connectivity index (χ0n) is 17.3. The van der Waals surface area contributed by atoms with Crippen molar-refractivity contribution in [3.63, 3.8) is 0 Å². The number of aryl methyl sites for hydroxylation is 6. The van der Waals surface area contributed by atoms with Crippen molar-refractivity contribution in [1.29, 1.82) is 0 Å². The molecule has 0 saturated heterocycles. The summed E-state index contributed by atoms with van der Waals surface area (Å²) in [4.78, 5) is 9.72. The van der Waals surface area contributed by atoms with E-state index in [1.807, 2.05) is 13.8 Å². The maximum absolute atomic E-state index is 4.86. The van der Waals surface area contributed by atoms with Crippen LogP contribution >= 0.6 is 28.5 Å². The quantitative estimate of drug-likeness (QED) is 0.278. The fourth-order valence-electron chi connectivity index (χ4n) is 3.19. The monoisotopic (exact) mass is 536 g/mol. The first-order valence-corrected chi connectivity index (χ1v) is 13.6. The zero-order valence-corrected chi connectivity index (χ0v) is 21.4. The third-order valence-electron chi connectivity index (χ3n) is 4.35. The van der Waals surface area contributed by atoms with Crippen LogP contribution < -0.4 is 0 Å². The summed E-state index contributed by atoms with van der Waals surface area (Å²) in [7, 11) is 1.25. The average molecular weight is 539 g/mol. The van der Waals surface area contributed by atoms with Crippen molar-refractivity contribution in [3.8, 4) is 0 Å². The van der Waals surface area contributed by atoms with E-state index in [1.165, 1.54) is 44.3 Å². The van der Waals surface area contributed by atoms with Crippen LogP contribution in [-0.2, 0) is 10.9 Å². The molecule has 2 nitrogen and oxygen atoms in total. The number of hydrogen-bond acceptors (Lipinski definition) is 2. The second-order valence-corrected chi connectivity index (χ2v) is 11.9. The summed E-state index contributed by atoms with van der Waals surface area (Å²) in [6.45, 7) is 16.8. The fourth-order valence-corrected chi connectivity index (χ4v) is 3.19. The molecule has 0 spiro atoms. The van der Waals surface area contributed by atoms with Gasteiger partial charge in [-0.15, -0.1) is 0 Å². The second kappa shape index (κ2) is 11.3. The Morgan fingerprint density at radius 3 is 1.07 bits per heavy atom. The molecule has 0 atom stereocenters. The van der Waals surface area contributed by atoms with Gasteiger partial charge in [-0.3, -0.25) is 9.98 Å². The molecule has 0 aliphatic heterocycles. The SMILES string of the molecule is CC(=Nc1c(C)cc(C)cc1C)C(C)=Nc1c(C)cc(C)cc1C.[Br][Ni][Br]. The molecule has 0 N–H and O–H groups in total. The zero-order chi connectivity index (χ0) is 20.7. The number of nitrogens with zero attached hydrogens (tertiary/aromatic N) is 2. The summed E-state index contributed by atoms with van der Waals surface area (Å²) in [5.74, 6) is 0. The van der Waals surface area contributed by atoms with E-state index in [2.05, 4.69) is 94.3 Å². The molecule has 0 heterocycles. The summed E-state index contributed by atoms with van der Waals surface area (Å²) >= 11 is 6.00. The molecular weight excluding hydrogens is 511 g/mol. The van der Waals surface area contributed by atoms with Gasteiger partial charge in [0.2, 0.25) is 0 Å². The predicted molar refractivity (Wildman–Crippen MR) is 125 cm³/mol. The van der Waals surface area contributed by atoms with Crippen LogP contribution in [0.2, 0.25) is 0 Å². The van der Waals surface area contributed by atoms with Gasteiger partial charge in [-0.2, -0.15) is 0 Å². The van der Waals surface area contributed by atoms with Crippen molar-refractivity contribution in [2.75, 3.05) is 0 Å². The summed E-state index contributed by atoms with van der Waals surface area (Å²) < 4.78 is 0. The van der Waals surface area contributed by atoms with Gasteiger partial charge >= 0.3 is 39.3 Å². The van der Waals surface area contributed by atoms with E-state index in [1.54, 1.807) is 0 Å². The second-order valence-electron chi connectivity index (χ2n) is 6.93. The van der Waals surface area contributed by atoms with Crippen molar-refractivity contribution in [1.82, 2.24) is 0 Å². The summed E-state index contributed by atoms with van der Waals surface area (Å²) in [6.07, 6.45) is 0. The number of aliphatic imine (C=N–C) groups is 2. The number of rotatable bonds is 3. The van der Waals surface area contributed by atoms with Crippen LogP contribution in [0.1, 0.15) is 47.2 Å².